The topological polar surface area (TPSA) is 94.4 Å². The predicted octanol–water partition coefficient (Wildman–Crippen LogP) is 4.56. The number of benzene rings is 3. The zero-order valence-electron chi connectivity index (χ0n) is 28.4. The first kappa shape index (κ1) is 37.7. The Labute approximate surface area is 314 Å². The third-order valence-electron chi connectivity index (χ3n) is 5.97. The fourth-order valence-electron chi connectivity index (χ4n) is 3.76. The first-order valence-electron chi connectivity index (χ1n) is 15.6. The highest BCUT2D eigenvalue weighted by Gasteiger charge is 2.15. The third kappa shape index (κ3) is 13.8. The minimum Gasteiger partial charge on any atom is -0.507 e. The molecule has 0 radical (unpaired) electrons. The summed E-state index contributed by atoms with van der Waals surface area (Å²) in [5.74, 6) is 55.3. The Kier molecular flexibility index (Phi) is 15.7. The van der Waals surface area contributed by atoms with Crippen molar-refractivity contribution in [2.75, 3.05) is 13.2 Å². The second-order valence-corrected chi connectivity index (χ2v) is 9.58. The molecule has 0 saturated heterocycles. The van der Waals surface area contributed by atoms with Crippen LogP contribution in [0.2, 0.25) is 0 Å². The van der Waals surface area contributed by atoms with Crippen LogP contribution in [0.25, 0.3) is 34.2 Å². The monoisotopic (exact) mass is 691 g/mol. The Balaban J connectivity index is 1.22. The fourth-order valence-corrected chi connectivity index (χ4v) is 3.76. The summed E-state index contributed by atoms with van der Waals surface area (Å²) in [6.45, 7) is 1.62. The number of phenolic OH excluding ortho intramolecular Hbond substituents is 1. The van der Waals surface area contributed by atoms with Crippen LogP contribution in [-0.4, -0.2) is 39.2 Å². The second-order valence-electron chi connectivity index (χ2n) is 9.58. The smallest absolute Gasteiger partial charge is 0.385 e. The van der Waals surface area contributed by atoms with E-state index in [0.29, 0.717) is 28.8 Å². The van der Waals surface area contributed by atoms with Crippen LogP contribution in [-0.2, 0) is 9.53 Å². The van der Waals surface area contributed by atoms with E-state index in [-0.39, 0.29) is 19.0 Å². The Morgan fingerprint density at radius 2 is 0.963 bits per heavy atom. The van der Waals surface area contributed by atoms with Gasteiger partial charge in [0.1, 0.15) is 24.7 Å². The van der Waals surface area contributed by atoms with Crippen LogP contribution >= 0.6 is 0 Å². The van der Waals surface area contributed by atoms with Gasteiger partial charge >= 0.3 is 5.97 Å². The Bertz CT molecular complexity index is 2710. The van der Waals surface area contributed by atoms with Gasteiger partial charge in [-0.3, -0.25) is 0 Å². The molecule has 0 saturated carbocycles. The van der Waals surface area contributed by atoms with Crippen molar-refractivity contribution in [3.05, 3.63) is 78.9 Å². The van der Waals surface area contributed by atoms with Crippen molar-refractivity contribution in [3.8, 4) is 176 Å². The molecule has 1 heterocycles. The average molecular weight is 692 g/mol. The Hall–Kier alpha value is -9.10. The van der Waals surface area contributed by atoms with Crippen LogP contribution in [0.15, 0.2) is 78.9 Å². The average Bonchev–Trinajstić information content (AvgIpc) is 3.20. The Morgan fingerprint density at radius 3 is 1.41 bits per heavy atom. The van der Waals surface area contributed by atoms with E-state index in [1.165, 1.54) is 6.07 Å². The summed E-state index contributed by atoms with van der Waals surface area (Å²) in [6.07, 6.45) is 0. The Morgan fingerprint density at radius 1 is 0.537 bits per heavy atom. The van der Waals surface area contributed by atoms with E-state index in [4.69, 9.17) is 9.47 Å². The molecule has 0 fully saturated rings. The third-order valence-corrected chi connectivity index (χ3v) is 5.97. The minimum atomic E-state index is -0.790. The maximum absolute atomic E-state index is 11.9. The number of carbonyl (C=O) groups is 1. The summed E-state index contributed by atoms with van der Waals surface area (Å²) in [6, 6.07) is 23.8. The van der Waals surface area contributed by atoms with Gasteiger partial charge < -0.3 is 14.6 Å². The van der Waals surface area contributed by atoms with Gasteiger partial charge in [0.2, 0.25) is 0 Å². The van der Waals surface area contributed by atoms with Crippen LogP contribution < -0.4 is 4.74 Å². The minimum absolute atomic E-state index is 0.0167. The van der Waals surface area contributed by atoms with Gasteiger partial charge in [-0.1, -0.05) is 66.6 Å². The highest BCUT2D eigenvalue weighted by molar-refractivity contribution is 5.89. The molecular weight excluding hydrogens is 671 g/mol. The number of hydrogen-bond acceptors (Lipinski definition) is 7. The number of esters is 1. The quantitative estimate of drug-likeness (QED) is 0.132. The van der Waals surface area contributed by atoms with Crippen molar-refractivity contribution in [2.24, 2.45) is 0 Å². The van der Waals surface area contributed by atoms with E-state index in [0.717, 1.165) is 11.1 Å². The lowest BCUT2D eigenvalue weighted by molar-refractivity contribution is -0.137. The molecule has 1 N–H and O–H groups in total. The molecule has 0 aliphatic heterocycles. The van der Waals surface area contributed by atoms with Crippen molar-refractivity contribution >= 4 is 5.97 Å². The summed E-state index contributed by atoms with van der Waals surface area (Å²) in [4.78, 5) is 25.8. The van der Waals surface area contributed by atoms with E-state index in [2.05, 4.69) is 145 Å². The number of rotatable bonds is 7. The summed E-state index contributed by atoms with van der Waals surface area (Å²) >= 11 is 0. The maximum Gasteiger partial charge on any atom is 0.385 e. The van der Waals surface area contributed by atoms with E-state index in [1.807, 2.05) is 60.7 Å². The van der Waals surface area contributed by atoms with Gasteiger partial charge in [0.05, 0.1) is 5.56 Å². The molecule has 4 aromatic rings. The number of carbonyl (C=O) groups excluding carboxylic acids is 1. The summed E-state index contributed by atoms with van der Waals surface area (Å²) in [5, 5.41) is 10.9. The first-order valence-corrected chi connectivity index (χ1v) is 15.6. The zero-order chi connectivity index (χ0) is 37.9. The van der Waals surface area contributed by atoms with Gasteiger partial charge in [-0.05, 0) is 114 Å². The molecule has 248 valence electrons. The summed E-state index contributed by atoms with van der Waals surface area (Å²) in [5.41, 5.74) is 2.01. The summed E-state index contributed by atoms with van der Waals surface area (Å²) in [7, 11) is 0. The summed E-state index contributed by atoms with van der Waals surface area (Å²) < 4.78 is 10.7. The molecule has 3 aromatic carbocycles. The number of aromatic nitrogens is 3. The van der Waals surface area contributed by atoms with Crippen LogP contribution in [0.4, 0.5) is 0 Å². The number of aromatic hydroxyl groups is 1. The molecule has 4 rings (SSSR count). The highest BCUT2D eigenvalue weighted by Crippen LogP contribution is 2.32. The van der Waals surface area contributed by atoms with Crippen LogP contribution in [0, 0.1) is 130 Å². The van der Waals surface area contributed by atoms with Gasteiger partial charge in [-0.25, -0.2) is 19.7 Å². The first-order chi connectivity index (χ1) is 26.6. The van der Waals surface area contributed by atoms with Gasteiger partial charge in [-0.15, -0.1) is 0 Å². The van der Waals surface area contributed by atoms with Crippen LogP contribution in [0.1, 0.15) is 6.92 Å². The molecule has 0 spiro atoms. The molecule has 0 unspecified atom stereocenters. The predicted molar refractivity (Wildman–Crippen MR) is 205 cm³/mol. The molecule has 7 nitrogen and oxygen atoms in total. The number of ether oxygens (including phenoxy) is 2. The number of hydrogen-bond donors (Lipinski definition) is 1. The number of nitrogens with zero attached hydrogens (tertiary/aromatic N) is 3. The number of phenols is 1. The van der Waals surface area contributed by atoms with Crippen molar-refractivity contribution in [3.63, 3.8) is 0 Å². The van der Waals surface area contributed by atoms with Crippen molar-refractivity contribution < 1.29 is 19.4 Å². The molecule has 1 aromatic heterocycles. The highest BCUT2D eigenvalue weighted by atomic mass is 16.6. The van der Waals surface area contributed by atoms with E-state index in [9.17, 15) is 9.90 Å². The van der Waals surface area contributed by atoms with Crippen molar-refractivity contribution in [1.29, 1.82) is 0 Å². The van der Waals surface area contributed by atoms with Gasteiger partial charge in [0, 0.05) is 46.8 Å². The van der Waals surface area contributed by atoms with Gasteiger partial charge in [0.25, 0.3) is 0 Å². The SMILES string of the molecule is CC#CC#CC#CC#CC#CC#CC#CC#CC#CC#CC#CC(=O)OCCOc1ccc(-c2nc(-c3ccccc3)nc(-c3ccccc3)n2)c(O)c1. The van der Waals surface area contributed by atoms with E-state index >= 15 is 0 Å². The van der Waals surface area contributed by atoms with Gasteiger partial charge in [-0.2, -0.15) is 0 Å². The largest absolute Gasteiger partial charge is 0.507 e. The van der Waals surface area contributed by atoms with Crippen LogP contribution in [0.3, 0.4) is 0 Å². The van der Waals surface area contributed by atoms with E-state index < -0.39 is 5.97 Å². The lowest BCUT2D eigenvalue weighted by atomic mass is 10.1. The molecule has 7 heteroatoms. The molecule has 0 atom stereocenters. The lowest BCUT2D eigenvalue weighted by Crippen LogP contribution is -2.10. The lowest BCUT2D eigenvalue weighted by Gasteiger charge is -2.11. The zero-order valence-corrected chi connectivity index (χ0v) is 28.4. The van der Waals surface area contributed by atoms with Crippen molar-refractivity contribution in [1.82, 2.24) is 15.0 Å². The molecule has 0 bridgehead atoms. The fraction of sp³-hybridized carbons (Fsp3) is 0.0638. The van der Waals surface area contributed by atoms with E-state index in [1.54, 1.807) is 19.1 Å². The maximum atomic E-state index is 11.9. The normalized spacial score (nSPS) is 7.87. The van der Waals surface area contributed by atoms with Crippen LogP contribution in [0.5, 0.6) is 11.5 Å². The standard InChI is InChI=1S/C47H21N3O4/c1-2-3-4-5-6-7-8-9-10-11-12-13-14-15-16-17-18-19-20-21-28-33-44(52)54-37-36-53-41-34-35-42(43(51)38-41)47-49-45(39-29-24-22-25-30-39)48-46(50-47)40-31-26-23-27-32-40/h22-27,29-32,34-35,38,51H,36-37H2,1H3. The molecule has 0 aliphatic rings. The second kappa shape index (κ2) is 22.5. The molecule has 54 heavy (non-hydrogen) atoms. The molecule has 0 amide bonds. The molecular formula is C47H21N3O4. The van der Waals surface area contributed by atoms with Gasteiger partial charge in [0.15, 0.2) is 17.5 Å². The molecule has 0 aliphatic carbocycles. The van der Waals surface area contributed by atoms with Crippen molar-refractivity contribution in [2.45, 2.75) is 6.92 Å².